The number of nitrogens with zero attached hydrogens (tertiary/aromatic N) is 2. The topological polar surface area (TPSA) is 82.0 Å². The molecule has 1 atom stereocenters. The first kappa shape index (κ1) is 17.8. The number of hydrogen-bond donors (Lipinski definition) is 2. The Balaban J connectivity index is 1.79. The van der Waals surface area contributed by atoms with Gasteiger partial charge in [-0.1, -0.05) is 48.5 Å². The normalized spacial score (nSPS) is 16.5. The fraction of sp³-hybridized carbons (Fsp3) is 0.250. The molecule has 6 nitrogen and oxygen atoms in total. The summed E-state index contributed by atoms with van der Waals surface area (Å²) in [6.07, 6.45) is 0. The van der Waals surface area contributed by atoms with Gasteiger partial charge in [-0.25, -0.2) is 0 Å². The zero-order chi connectivity index (χ0) is 18.5. The minimum absolute atomic E-state index is 0.123. The van der Waals surface area contributed by atoms with Gasteiger partial charge in [0.05, 0.1) is 12.3 Å². The standard InChI is InChI=1S/C20H21N3O3/c1-14-16-9-5-6-10-18(16)23(20(26)17(13-24)22-14)12-19(25)21-11-15-7-3-2-4-8-15/h2-10,17,24H,11-13H2,1H3,(H,21,25)/t17-/m1/s1. The number of amides is 2. The summed E-state index contributed by atoms with van der Waals surface area (Å²) >= 11 is 0. The second-order valence-corrected chi connectivity index (χ2v) is 6.12. The molecule has 2 aromatic carbocycles. The van der Waals surface area contributed by atoms with Crippen molar-refractivity contribution in [2.75, 3.05) is 18.1 Å². The van der Waals surface area contributed by atoms with Crippen molar-refractivity contribution in [3.8, 4) is 0 Å². The Labute approximate surface area is 152 Å². The van der Waals surface area contributed by atoms with Gasteiger partial charge >= 0.3 is 0 Å². The monoisotopic (exact) mass is 351 g/mol. The van der Waals surface area contributed by atoms with Crippen LogP contribution in [-0.2, 0) is 16.1 Å². The number of aliphatic hydroxyl groups is 1. The Morgan fingerprint density at radius 3 is 2.58 bits per heavy atom. The van der Waals surface area contributed by atoms with Crippen LogP contribution in [-0.4, -0.2) is 41.8 Å². The molecule has 2 N–H and O–H groups in total. The van der Waals surface area contributed by atoms with Gasteiger partial charge in [-0.15, -0.1) is 0 Å². The number of benzodiazepines with no additional fused rings is 1. The van der Waals surface area contributed by atoms with E-state index in [1.165, 1.54) is 4.90 Å². The summed E-state index contributed by atoms with van der Waals surface area (Å²) in [5.41, 5.74) is 3.06. The van der Waals surface area contributed by atoms with Gasteiger partial charge in [0.15, 0.2) is 6.04 Å². The first-order valence-corrected chi connectivity index (χ1v) is 8.47. The zero-order valence-electron chi connectivity index (χ0n) is 14.6. The second kappa shape index (κ2) is 7.93. The van der Waals surface area contributed by atoms with E-state index in [0.717, 1.165) is 11.1 Å². The Kier molecular flexibility index (Phi) is 5.43. The quantitative estimate of drug-likeness (QED) is 0.857. The molecule has 6 heteroatoms. The van der Waals surface area contributed by atoms with Crippen LogP contribution in [0.15, 0.2) is 59.6 Å². The first-order chi connectivity index (χ1) is 12.6. The van der Waals surface area contributed by atoms with Crippen LogP contribution in [0.2, 0.25) is 0 Å². The predicted octanol–water partition coefficient (Wildman–Crippen LogP) is 1.52. The van der Waals surface area contributed by atoms with Crippen molar-refractivity contribution < 1.29 is 14.7 Å². The molecule has 134 valence electrons. The highest BCUT2D eigenvalue weighted by molar-refractivity contribution is 6.13. The maximum atomic E-state index is 12.8. The lowest BCUT2D eigenvalue weighted by Crippen LogP contribution is -2.45. The fourth-order valence-electron chi connectivity index (χ4n) is 2.95. The summed E-state index contributed by atoms with van der Waals surface area (Å²) in [4.78, 5) is 30.9. The molecular weight excluding hydrogens is 330 g/mol. The van der Waals surface area contributed by atoms with Gasteiger partial charge in [0.1, 0.15) is 6.54 Å². The fourth-order valence-corrected chi connectivity index (χ4v) is 2.95. The highest BCUT2D eigenvalue weighted by Gasteiger charge is 2.31. The Bertz CT molecular complexity index is 833. The van der Waals surface area contributed by atoms with E-state index in [4.69, 9.17) is 0 Å². The molecule has 0 aliphatic carbocycles. The Morgan fingerprint density at radius 1 is 1.15 bits per heavy atom. The molecule has 2 aromatic rings. The van der Waals surface area contributed by atoms with Gasteiger partial charge in [-0.05, 0) is 18.6 Å². The predicted molar refractivity (Wildman–Crippen MR) is 100 cm³/mol. The van der Waals surface area contributed by atoms with Crippen molar-refractivity contribution in [1.82, 2.24) is 5.32 Å². The summed E-state index contributed by atoms with van der Waals surface area (Å²) in [5, 5.41) is 12.4. The number of aliphatic imine (C=N–C) groups is 1. The molecule has 1 heterocycles. The number of para-hydroxylation sites is 1. The van der Waals surface area contributed by atoms with Crippen LogP contribution in [0, 0.1) is 0 Å². The summed E-state index contributed by atoms with van der Waals surface area (Å²) in [5.74, 6) is -0.653. The molecule has 0 saturated heterocycles. The number of carbonyl (C=O) groups excluding carboxylic acids is 2. The van der Waals surface area contributed by atoms with E-state index in [2.05, 4.69) is 10.3 Å². The van der Waals surface area contributed by atoms with Crippen molar-refractivity contribution in [2.45, 2.75) is 19.5 Å². The lowest BCUT2D eigenvalue weighted by molar-refractivity contribution is -0.124. The maximum absolute atomic E-state index is 12.8. The molecule has 0 unspecified atom stereocenters. The lowest BCUT2D eigenvalue weighted by atomic mass is 10.1. The minimum Gasteiger partial charge on any atom is -0.394 e. The third-order valence-corrected chi connectivity index (χ3v) is 4.29. The largest absolute Gasteiger partial charge is 0.394 e. The second-order valence-electron chi connectivity index (χ2n) is 6.12. The van der Waals surface area contributed by atoms with Gasteiger partial charge in [-0.3, -0.25) is 14.6 Å². The molecular formula is C20H21N3O3. The molecule has 0 saturated carbocycles. The van der Waals surface area contributed by atoms with Gasteiger partial charge in [-0.2, -0.15) is 0 Å². The molecule has 0 radical (unpaired) electrons. The van der Waals surface area contributed by atoms with Crippen LogP contribution in [0.3, 0.4) is 0 Å². The van der Waals surface area contributed by atoms with E-state index in [0.29, 0.717) is 17.9 Å². The molecule has 26 heavy (non-hydrogen) atoms. The highest BCUT2D eigenvalue weighted by Crippen LogP contribution is 2.25. The zero-order valence-corrected chi connectivity index (χ0v) is 14.6. The van der Waals surface area contributed by atoms with Crippen LogP contribution < -0.4 is 10.2 Å². The molecule has 2 amide bonds. The number of fused-ring (bicyclic) bond motifs is 1. The molecule has 0 spiro atoms. The van der Waals surface area contributed by atoms with Gasteiger partial charge in [0.25, 0.3) is 5.91 Å². The van der Waals surface area contributed by atoms with Crippen LogP contribution in [0.1, 0.15) is 18.1 Å². The number of nitrogens with one attached hydrogen (secondary N) is 1. The summed E-state index contributed by atoms with van der Waals surface area (Å²) in [6.45, 7) is 1.67. The van der Waals surface area contributed by atoms with Gasteiger partial charge < -0.3 is 15.3 Å². The van der Waals surface area contributed by atoms with Crippen LogP contribution in [0.25, 0.3) is 0 Å². The van der Waals surface area contributed by atoms with Crippen molar-refractivity contribution in [3.63, 3.8) is 0 Å². The maximum Gasteiger partial charge on any atom is 0.254 e. The van der Waals surface area contributed by atoms with Crippen molar-refractivity contribution in [2.24, 2.45) is 4.99 Å². The average Bonchev–Trinajstić information content (AvgIpc) is 2.77. The number of benzene rings is 2. The smallest absolute Gasteiger partial charge is 0.254 e. The van der Waals surface area contributed by atoms with E-state index >= 15 is 0 Å². The van der Waals surface area contributed by atoms with E-state index in [1.54, 1.807) is 13.0 Å². The molecule has 3 rings (SSSR count). The first-order valence-electron chi connectivity index (χ1n) is 8.47. The Hall–Kier alpha value is -2.99. The number of carbonyl (C=O) groups is 2. The summed E-state index contributed by atoms with van der Waals surface area (Å²) < 4.78 is 0. The third kappa shape index (κ3) is 3.81. The molecule has 1 aliphatic rings. The average molecular weight is 351 g/mol. The number of aliphatic hydroxyl groups excluding tert-OH is 1. The molecule has 0 aromatic heterocycles. The Morgan fingerprint density at radius 2 is 1.85 bits per heavy atom. The van der Waals surface area contributed by atoms with E-state index in [9.17, 15) is 14.7 Å². The summed E-state index contributed by atoms with van der Waals surface area (Å²) in [6, 6.07) is 16.0. The van der Waals surface area contributed by atoms with Crippen molar-refractivity contribution >= 4 is 23.2 Å². The van der Waals surface area contributed by atoms with Crippen molar-refractivity contribution in [1.29, 1.82) is 0 Å². The molecule has 0 fully saturated rings. The molecule has 1 aliphatic heterocycles. The minimum atomic E-state index is -0.899. The highest BCUT2D eigenvalue weighted by atomic mass is 16.3. The van der Waals surface area contributed by atoms with Crippen LogP contribution in [0.5, 0.6) is 0 Å². The molecule has 0 bridgehead atoms. The third-order valence-electron chi connectivity index (χ3n) is 4.29. The van der Waals surface area contributed by atoms with Gasteiger partial charge in [0.2, 0.25) is 5.91 Å². The van der Waals surface area contributed by atoms with E-state index < -0.39 is 12.6 Å². The SMILES string of the molecule is CC1=N[C@H](CO)C(=O)N(CC(=O)NCc2ccccc2)c2ccccc21. The van der Waals surface area contributed by atoms with Crippen LogP contribution >= 0.6 is 0 Å². The number of rotatable bonds is 5. The summed E-state index contributed by atoms with van der Waals surface area (Å²) in [7, 11) is 0. The number of hydrogen-bond acceptors (Lipinski definition) is 4. The van der Waals surface area contributed by atoms with E-state index in [1.807, 2.05) is 48.5 Å². The van der Waals surface area contributed by atoms with Crippen molar-refractivity contribution in [3.05, 3.63) is 65.7 Å². The van der Waals surface area contributed by atoms with Crippen LogP contribution in [0.4, 0.5) is 5.69 Å². The van der Waals surface area contributed by atoms with E-state index in [-0.39, 0.29) is 18.4 Å². The lowest BCUT2D eigenvalue weighted by Gasteiger charge is -2.24. The number of anilines is 1. The van der Waals surface area contributed by atoms with Gasteiger partial charge in [0, 0.05) is 17.8 Å².